The van der Waals surface area contributed by atoms with Gasteiger partial charge in [0.1, 0.15) is 17.7 Å². The SMILES string of the molecule is O=C(O)[C@H]1CC[C@@H](Oc2ccc(-c3ccc(-c4nc5c([nH]4)CCCC5)c(F)c3)cn2)CC1. The summed E-state index contributed by atoms with van der Waals surface area (Å²) in [6.45, 7) is 0. The number of aliphatic carboxylic acids is 1. The number of rotatable bonds is 5. The third-order valence-corrected chi connectivity index (χ3v) is 6.56. The number of halogens is 1. The van der Waals surface area contributed by atoms with Crippen LogP contribution in [0.25, 0.3) is 22.5 Å². The molecule has 2 aliphatic carbocycles. The first-order chi connectivity index (χ1) is 15.6. The van der Waals surface area contributed by atoms with Crippen LogP contribution in [-0.2, 0) is 17.6 Å². The van der Waals surface area contributed by atoms with E-state index in [1.165, 1.54) is 6.07 Å². The lowest BCUT2D eigenvalue weighted by molar-refractivity contribution is -0.143. The highest BCUT2D eigenvalue weighted by Crippen LogP contribution is 2.31. The maximum absolute atomic E-state index is 14.9. The average Bonchev–Trinajstić information content (AvgIpc) is 3.24. The summed E-state index contributed by atoms with van der Waals surface area (Å²) < 4.78 is 20.8. The molecule has 2 aromatic heterocycles. The number of aromatic nitrogens is 3. The molecule has 3 aromatic rings. The standard InChI is InChI=1S/C25H26FN3O3/c26-20-13-16(7-11-19(20)24-28-21-3-1-2-4-22(21)29-24)17-8-12-23(27-14-17)32-18-9-5-15(6-10-18)25(30)31/h7-8,11-15,18H,1-6,9-10H2,(H,28,29)(H,30,31)/t15-,18+. The fourth-order valence-corrected chi connectivity index (χ4v) is 4.69. The van der Waals surface area contributed by atoms with Gasteiger partial charge >= 0.3 is 5.97 Å². The number of H-pyrrole nitrogens is 1. The van der Waals surface area contributed by atoms with E-state index in [1.54, 1.807) is 18.3 Å². The number of nitrogens with one attached hydrogen (secondary N) is 1. The predicted octanol–water partition coefficient (Wildman–Crippen LogP) is 5.18. The molecule has 2 N–H and O–H groups in total. The van der Waals surface area contributed by atoms with Crippen molar-refractivity contribution in [3.8, 4) is 28.4 Å². The Bertz CT molecular complexity index is 1090. The van der Waals surface area contributed by atoms with Crippen LogP contribution in [-0.4, -0.2) is 32.1 Å². The van der Waals surface area contributed by atoms with Gasteiger partial charge in [-0.15, -0.1) is 0 Å². The van der Waals surface area contributed by atoms with E-state index in [2.05, 4.69) is 15.0 Å². The predicted molar refractivity (Wildman–Crippen MR) is 118 cm³/mol. The van der Waals surface area contributed by atoms with E-state index in [-0.39, 0.29) is 17.8 Å². The van der Waals surface area contributed by atoms with Crippen molar-refractivity contribution in [2.45, 2.75) is 57.5 Å². The summed E-state index contributed by atoms with van der Waals surface area (Å²) in [7, 11) is 0. The number of fused-ring (bicyclic) bond motifs is 1. The van der Waals surface area contributed by atoms with Crippen molar-refractivity contribution in [2.75, 3.05) is 0 Å². The Hall–Kier alpha value is -3.22. The van der Waals surface area contributed by atoms with Crippen molar-refractivity contribution in [3.05, 3.63) is 53.7 Å². The summed E-state index contributed by atoms with van der Waals surface area (Å²) in [6.07, 6.45) is 8.55. The highest BCUT2D eigenvalue weighted by molar-refractivity contribution is 5.70. The van der Waals surface area contributed by atoms with Crippen LogP contribution in [0.15, 0.2) is 36.5 Å². The maximum Gasteiger partial charge on any atom is 0.306 e. The van der Waals surface area contributed by atoms with Crippen molar-refractivity contribution in [1.82, 2.24) is 15.0 Å². The van der Waals surface area contributed by atoms with Crippen LogP contribution in [0.2, 0.25) is 0 Å². The van der Waals surface area contributed by atoms with E-state index in [4.69, 9.17) is 9.84 Å². The van der Waals surface area contributed by atoms with Crippen LogP contribution in [0, 0.1) is 11.7 Å². The second-order valence-corrected chi connectivity index (χ2v) is 8.73. The summed E-state index contributed by atoms with van der Waals surface area (Å²) >= 11 is 0. The smallest absolute Gasteiger partial charge is 0.306 e. The second kappa shape index (κ2) is 8.73. The number of carbonyl (C=O) groups is 1. The van der Waals surface area contributed by atoms with Crippen LogP contribution >= 0.6 is 0 Å². The molecule has 0 spiro atoms. The highest BCUT2D eigenvalue weighted by Gasteiger charge is 2.27. The first kappa shape index (κ1) is 20.7. The first-order valence-corrected chi connectivity index (χ1v) is 11.3. The number of aromatic amines is 1. The number of carboxylic acids is 1. The minimum atomic E-state index is -0.726. The number of hydrogen-bond acceptors (Lipinski definition) is 4. The molecule has 0 saturated heterocycles. The fraction of sp³-hybridized carbons (Fsp3) is 0.400. The van der Waals surface area contributed by atoms with E-state index in [0.29, 0.717) is 43.0 Å². The molecule has 32 heavy (non-hydrogen) atoms. The third-order valence-electron chi connectivity index (χ3n) is 6.56. The van der Waals surface area contributed by atoms with Crippen LogP contribution in [0.3, 0.4) is 0 Å². The van der Waals surface area contributed by atoms with Gasteiger partial charge in [-0.25, -0.2) is 14.4 Å². The Labute approximate surface area is 185 Å². The Morgan fingerprint density at radius 2 is 1.84 bits per heavy atom. The summed E-state index contributed by atoms with van der Waals surface area (Å²) in [4.78, 5) is 23.4. The molecular weight excluding hydrogens is 409 g/mol. The molecule has 5 rings (SSSR count). The van der Waals surface area contributed by atoms with Gasteiger partial charge in [0.15, 0.2) is 0 Å². The van der Waals surface area contributed by atoms with E-state index < -0.39 is 5.97 Å². The quantitative estimate of drug-likeness (QED) is 0.577. The molecular formula is C25H26FN3O3. The number of ether oxygens (including phenoxy) is 1. The van der Waals surface area contributed by atoms with Crippen LogP contribution in [0.5, 0.6) is 5.88 Å². The topological polar surface area (TPSA) is 88.1 Å². The number of hydrogen-bond donors (Lipinski definition) is 2. The number of pyridine rings is 1. The first-order valence-electron chi connectivity index (χ1n) is 11.3. The van der Waals surface area contributed by atoms with Crippen LogP contribution in [0.1, 0.15) is 49.9 Å². The lowest BCUT2D eigenvalue weighted by Crippen LogP contribution is -2.28. The molecule has 7 heteroatoms. The van der Waals surface area contributed by atoms with Crippen molar-refractivity contribution in [3.63, 3.8) is 0 Å². The van der Waals surface area contributed by atoms with Crippen molar-refractivity contribution in [2.24, 2.45) is 5.92 Å². The molecule has 0 amide bonds. The Kier molecular flexibility index (Phi) is 5.64. The van der Waals surface area contributed by atoms with Crippen LogP contribution < -0.4 is 4.74 Å². The molecule has 0 bridgehead atoms. The molecule has 1 saturated carbocycles. The largest absolute Gasteiger partial charge is 0.481 e. The molecule has 1 aromatic carbocycles. The molecule has 0 aliphatic heterocycles. The summed E-state index contributed by atoms with van der Waals surface area (Å²) in [5.74, 6) is -0.208. The number of carboxylic acid groups (broad SMARTS) is 1. The van der Waals surface area contributed by atoms with Gasteiger partial charge in [-0.05, 0) is 75.1 Å². The van der Waals surface area contributed by atoms with Crippen molar-refractivity contribution in [1.29, 1.82) is 0 Å². The minimum Gasteiger partial charge on any atom is -0.481 e. The molecule has 2 heterocycles. The maximum atomic E-state index is 14.9. The minimum absolute atomic E-state index is 0.0141. The number of imidazole rings is 1. The summed E-state index contributed by atoms with van der Waals surface area (Å²) in [5, 5.41) is 9.11. The van der Waals surface area contributed by atoms with Gasteiger partial charge in [-0.1, -0.05) is 6.07 Å². The lowest BCUT2D eigenvalue weighted by atomic mass is 9.87. The van der Waals surface area contributed by atoms with Crippen LogP contribution in [0.4, 0.5) is 4.39 Å². The molecule has 1 fully saturated rings. The highest BCUT2D eigenvalue weighted by atomic mass is 19.1. The van der Waals surface area contributed by atoms with E-state index >= 15 is 0 Å². The monoisotopic (exact) mass is 435 g/mol. The molecule has 0 atom stereocenters. The van der Waals surface area contributed by atoms with E-state index in [1.807, 2.05) is 12.1 Å². The molecule has 166 valence electrons. The Morgan fingerprint density at radius 1 is 1.06 bits per heavy atom. The van der Waals surface area contributed by atoms with Gasteiger partial charge in [0.05, 0.1) is 17.2 Å². The average molecular weight is 435 g/mol. The number of benzene rings is 1. The van der Waals surface area contributed by atoms with Gasteiger partial charge in [0.2, 0.25) is 5.88 Å². The number of aryl methyl sites for hydroxylation is 2. The Balaban J connectivity index is 1.27. The second-order valence-electron chi connectivity index (χ2n) is 8.73. The number of nitrogens with zero attached hydrogens (tertiary/aromatic N) is 2. The lowest BCUT2D eigenvalue weighted by Gasteiger charge is -2.26. The van der Waals surface area contributed by atoms with Gasteiger partial charge in [-0.3, -0.25) is 4.79 Å². The molecule has 2 aliphatic rings. The van der Waals surface area contributed by atoms with Crippen molar-refractivity contribution < 1.29 is 19.0 Å². The zero-order valence-corrected chi connectivity index (χ0v) is 17.8. The van der Waals surface area contributed by atoms with Gasteiger partial charge in [0.25, 0.3) is 0 Å². The molecule has 0 unspecified atom stereocenters. The van der Waals surface area contributed by atoms with E-state index in [9.17, 15) is 9.18 Å². The van der Waals surface area contributed by atoms with Crippen molar-refractivity contribution >= 4 is 5.97 Å². The normalized spacial score (nSPS) is 20.5. The zero-order chi connectivity index (χ0) is 22.1. The van der Waals surface area contributed by atoms with Gasteiger partial charge < -0.3 is 14.8 Å². The van der Waals surface area contributed by atoms with E-state index in [0.717, 1.165) is 48.2 Å². The fourth-order valence-electron chi connectivity index (χ4n) is 4.69. The van der Waals surface area contributed by atoms with Gasteiger partial charge in [0, 0.05) is 23.5 Å². The zero-order valence-electron chi connectivity index (χ0n) is 17.8. The van der Waals surface area contributed by atoms with Gasteiger partial charge in [-0.2, -0.15) is 0 Å². The Morgan fingerprint density at radius 3 is 2.53 bits per heavy atom. The summed E-state index contributed by atoms with van der Waals surface area (Å²) in [5.41, 5.74) is 4.21. The molecule has 0 radical (unpaired) electrons. The summed E-state index contributed by atoms with van der Waals surface area (Å²) in [6, 6.07) is 8.81. The molecule has 6 nitrogen and oxygen atoms in total. The third kappa shape index (κ3) is 4.24.